The number of halogens is 1. The van der Waals surface area contributed by atoms with Gasteiger partial charge in [-0.05, 0) is 31.2 Å². The van der Waals surface area contributed by atoms with Crippen LogP contribution in [0, 0.1) is 5.82 Å². The van der Waals surface area contributed by atoms with Crippen molar-refractivity contribution in [1.82, 2.24) is 34.7 Å². The number of aromatic amines is 1. The van der Waals surface area contributed by atoms with Gasteiger partial charge >= 0.3 is 0 Å². The van der Waals surface area contributed by atoms with Gasteiger partial charge in [-0.3, -0.25) is 4.98 Å². The third kappa shape index (κ3) is 2.64. The maximum absolute atomic E-state index is 13.9. The summed E-state index contributed by atoms with van der Waals surface area (Å²) in [5.41, 5.74) is 3.50. The zero-order chi connectivity index (χ0) is 19.1. The molecule has 0 radical (unpaired) electrons. The SMILES string of the molecule is C[C@H](Nc1ncnc2nc[nH]c12)c1nn(-c2cccnc2)c2cc(F)ccc12. The minimum atomic E-state index is -0.320. The molecule has 4 aromatic heterocycles. The average molecular weight is 374 g/mol. The number of anilines is 1. The first kappa shape index (κ1) is 16.3. The summed E-state index contributed by atoms with van der Waals surface area (Å²) in [5, 5.41) is 8.94. The molecule has 1 aromatic carbocycles. The van der Waals surface area contributed by atoms with Gasteiger partial charge in [0.05, 0.1) is 35.5 Å². The largest absolute Gasteiger partial charge is 0.360 e. The second-order valence-corrected chi connectivity index (χ2v) is 6.36. The number of rotatable bonds is 4. The molecule has 4 heterocycles. The van der Waals surface area contributed by atoms with E-state index in [0.29, 0.717) is 17.0 Å². The highest BCUT2D eigenvalue weighted by Crippen LogP contribution is 2.29. The van der Waals surface area contributed by atoms with Gasteiger partial charge in [0.2, 0.25) is 0 Å². The zero-order valence-electron chi connectivity index (χ0n) is 14.8. The molecule has 8 nitrogen and oxygen atoms in total. The summed E-state index contributed by atoms with van der Waals surface area (Å²) in [5.74, 6) is 0.306. The van der Waals surface area contributed by atoms with Crippen LogP contribution in [0.2, 0.25) is 0 Å². The number of hydrogen-bond acceptors (Lipinski definition) is 6. The minimum Gasteiger partial charge on any atom is -0.360 e. The molecule has 0 fully saturated rings. The molecule has 0 aliphatic rings. The summed E-state index contributed by atoms with van der Waals surface area (Å²) >= 11 is 0. The lowest BCUT2D eigenvalue weighted by molar-refractivity contribution is 0.629. The van der Waals surface area contributed by atoms with Crippen LogP contribution in [-0.4, -0.2) is 34.7 Å². The summed E-state index contributed by atoms with van der Waals surface area (Å²) in [6, 6.07) is 8.15. The van der Waals surface area contributed by atoms with Crippen LogP contribution in [0.3, 0.4) is 0 Å². The molecule has 28 heavy (non-hydrogen) atoms. The molecular formula is C19H15FN8. The van der Waals surface area contributed by atoms with Crippen molar-refractivity contribution in [2.75, 3.05) is 5.32 Å². The molecule has 1 atom stereocenters. The Morgan fingerprint density at radius 1 is 1.18 bits per heavy atom. The fraction of sp³-hybridized carbons (Fsp3) is 0.105. The van der Waals surface area contributed by atoms with Crippen LogP contribution in [0.5, 0.6) is 0 Å². The molecular weight excluding hydrogens is 359 g/mol. The zero-order valence-corrected chi connectivity index (χ0v) is 14.8. The molecule has 0 unspecified atom stereocenters. The lowest BCUT2D eigenvalue weighted by Gasteiger charge is -2.13. The number of hydrogen-bond donors (Lipinski definition) is 2. The van der Waals surface area contributed by atoms with E-state index in [1.807, 2.05) is 19.1 Å². The van der Waals surface area contributed by atoms with Gasteiger partial charge in [0.1, 0.15) is 17.7 Å². The molecule has 0 spiro atoms. The van der Waals surface area contributed by atoms with E-state index in [1.165, 1.54) is 18.5 Å². The van der Waals surface area contributed by atoms with Gasteiger partial charge in [-0.1, -0.05) is 0 Å². The van der Waals surface area contributed by atoms with Crippen LogP contribution in [0.1, 0.15) is 18.7 Å². The topological polar surface area (TPSA) is 97.2 Å². The van der Waals surface area contributed by atoms with E-state index >= 15 is 0 Å². The molecule has 0 amide bonds. The molecule has 0 aliphatic heterocycles. The van der Waals surface area contributed by atoms with E-state index in [2.05, 4.69) is 30.2 Å². The predicted molar refractivity (Wildman–Crippen MR) is 103 cm³/mol. The Balaban J connectivity index is 1.61. The third-order valence-corrected chi connectivity index (χ3v) is 4.55. The monoisotopic (exact) mass is 374 g/mol. The highest BCUT2D eigenvalue weighted by Gasteiger charge is 2.19. The first-order valence-corrected chi connectivity index (χ1v) is 8.70. The van der Waals surface area contributed by atoms with E-state index < -0.39 is 0 Å². The Morgan fingerprint density at radius 3 is 2.96 bits per heavy atom. The molecule has 0 bridgehead atoms. The van der Waals surface area contributed by atoms with Crippen LogP contribution in [-0.2, 0) is 0 Å². The molecule has 138 valence electrons. The van der Waals surface area contributed by atoms with Crippen molar-refractivity contribution in [1.29, 1.82) is 0 Å². The van der Waals surface area contributed by atoms with Crippen LogP contribution >= 0.6 is 0 Å². The molecule has 0 saturated heterocycles. The quantitative estimate of drug-likeness (QED) is 0.500. The Bertz CT molecular complexity index is 1280. The molecule has 5 aromatic rings. The third-order valence-electron chi connectivity index (χ3n) is 4.55. The number of nitrogens with one attached hydrogen (secondary N) is 2. The normalized spacial score (nSPS) is 12.5. The number of nitrogens with zero attached hydrogens (tertiary/aromatic N) is 6. The lowest BCUT2D eigenvalue weighted by atomic mass is 10.1. The molecule has 0 aliphatic carbocycles. The fourth-order valence-electron chi connectivity index (χ4n) is 3.26. The van der Waals surface area contributed by atoms with E-state index in [0.717, 1.165) is 22.3 Å². The summed E-state index contributed by atoms with van der Waals surface area (Å²) in [7, 11) is 0. The highest BCUT2D eigenvalue weighted by molar-refractivity contribution is 5.85. The first-order chi connectivity index (χ1) is 13.7. The van der Waals surface area contributed by atoms with Crippen molar-refractivity contribution < 1.29 is 4.39 Å². The second kappa shape index (κ2) is 6.38. The lowest BCUT2D eigenvalue weighted by Crippen LogP contribution is -2.10. The Morgan fingerprint density at radius 2 is 2.11 bits per heavy atom. The number of H-pyrrole nitrogens is 1. The van der Waals surface area contributed by atoms with Gasteiger partial charge < -0.3 is 10.3 Å². The van der Waals surface area contributed by atoms with Gasteiger partial charge in [0.25, 0.3) is 0 Å². The Hall–Kier alpha value is -3.88. The number of aromatic nitrogens is 7. The van der Waals surface area contributed by atoms with Crippen LogP contribution in [0.15, 0.2) is 55.4 Å². The van der Waals surface area contributed by atoms with E-state index in [4.69, 9.17) is 5.10 Å². The van der Waals surface area contributed by atoms with Crippen molar-refractivity contribution in [2.45, 2.75) is 13.0 Å². The molecule has 2 N–H and O–H groups in total. The van der Waals surface area contributed by atoms with Gasteiger partial charge in [-0.2, -0.15) is 5.10 Å². The van der Waals surface area contributed by atoms with E-state index in [1.54, 1.807) is 29.5 Å². The van der Waals surface area contributed by atoms with Crippen molar-refractivity contribution in [3.05, 3.63) is 66.9 Å². The number of pyridine rings is 1. The average Bonchev–Trinajstić information content (AvgIpc) is 3.33. The smallest absolute Gasteiger partial charge is 0.182 e. The number of imidazole rings is 1. The fourth-order valence-corrected chi connectivity index (χ4v) is 3.26. The van der Waals surface area contributed by atoms with Crippen molar-refractivity contribution >= 4 is 27.9 Å². The van der Waals surface area contributed by atoms with Crippen LogP contribution in [0.25, 0.3) is 27.8 Å². The first-order valence-electron chi connectivity index (χ1n) is 8.70. The maximum Gasteiger partial charge on any atom is 0.182 e. The van der Waals surface area contributed by atoms with Crippen molar-refractivity contribution in [3.8, 4) is 5.69 Å². The van der Waals surface area contributed by atoms with Gasteiger partial charge in [-0.25, -0.2) is 24.0 Å². The van der Waals surface area contributed by atoms with E-state index in [-0.39, 0.29) is 11.9 Å². The minimum absolute atomic E-state index is 0.202. The summed E-state index contributed by atoms with van der Waals surface area (Å²) in [6.45, 7) is 1.98. The Labute approximate surface area is 158 Å². The molecule has 9 heteroatoms. The molecule has 5 rings (SSSR count). The number of fused-ring (bicyclic) bond motifs is 2. The Kier molecular flexibility index (Phi) is 3.71. The van der Waals surface area contributed by atoms with E-state index in [9.17, 15) is 4.39 Å². The van der Waals surface area contributed by atoms with Crippen molar-refractivity contribution in [2.24, 2.45) is 0 Å². The maximum atomic E-state index is 13.9. The predicted octanol–water partition coefficient (Wildman–Crippen LogP) is 3.40. The van der Waals surface area contributed by atoms with Crippen LogP contribution < -0.4 is 5.32 Å². The molecule has 0 saturated carbocycles. The summed E-state index contributed by atoms with van der Waals surface area (Å²) < 4.78 is 15.6. The van der Waals surface area contributed by atoms with Crippen molar-refractivity contribution in [3.63, 3.8) is 0 Å². The second-order valence-electron chi connectivity index (χ2n) is 6.36. The van der Waals surface area contributed by atoms with Crippen LogP contribution in [0.4, 0.5) is 10.2 Å². The van der Waals surface area contributed by atoms with Gasteiger partial charge in [-0.15, -0.1) is 0 Å². The summed E-state index contributed by atoms with van der Waals surface area (Å²) in [6.07, 6.45) is 6.41. The van der Waals surface area contributed by atoms with Gasteiger partial charge in [0.15, 0.2) is 11.5 Å². The standard InChI is InChI=1S/C19H15FN8/c1-11(26-19-17-18(23-9-22-17)24-10-25-19)16-14-5-4-12(20)7-15(14)28(27-16)13-3-2-6-21-8-13/h2-11H,1H3,(H2,22,23,24,25,26)/t11-/m0/s1. The van der Waals surface area contributed by atoms with Gasteiger partial charge in [0, 0.05) is 17.6 Å². The number of benzene rings is 1. The highest BCUT2D eigenvalue weighted by atomic mass is 19.1. The summed E-state index contributed by atoms with van der Waals surface area (Å²) in [4.78, 5) is 19.8.